The summed E-state index contributed by atoms with van der Waals surface area (Å²) in [5.41, 5.74) is 1.18. The monoisotopic (exact) mass is 568 g/mol. The van der Waals surface area contributed by atoms with Crippen LogP contribution in [0, 0.1) is 5.41 Å². The quantitative estimate of drug-likeness (QED) is 0.215. The molecular weight excluding hydrogens is 531 g/mol. The van der Waals surface area contributed by atoms with Gasteiger partial charge in [-0.25, -0.2) is 9.98 Å². The zero-order chi connectivity index (χ0) is 22.7. The van der Waals surface area contributed by atoms with Crippen molar-refractivity contribution in [2.24, 2.45) is 10.4 Å². The Morgan fingerprint density at radius 3 is 2.39 bits per heavy atom. The van der Waals surface area contributed by atoms with Gasteiger partial charge in [-0.15, -0.1) is 24.0 Å². The number of hydrogen-bond acceptors (Lipinski definition) is 5. The van der Waals surface area contributed by atoms with Crippen molar-refractivity contribution in [3.05, 3.63) is 48.2 Å². The number of nitrogens with zero attached hydrogens (tertiary/aromatic N) is 2. The lowest BCUT2D eigenvalue weighted by Crippen LogP contribution is -2.44. The number of rotatable bonds is 10. The molecule has 2 aromatic rings. The molecule has 0 spiro atoms. The number of benzene rings is 1. The number of aliphatic hydroxyl groups is 1. The molecule has 3 N–H and O–H groups in total. The summed E-state index contributed by atoms with van der Waals surface area (Å²) in [6.07, 6.45) is 8.75. The number of nitrogens with one attached hydrogen (secondary N) is 2. The molecule has 8 heteroatoms. The maximum absolute atomic E-state index is 9.55. The maximum atomic E-state index is 9.55. The smallest absolute Gasteiger partial charge is 0.219 e. The summed E-state index contributed by atoms with van der Waals surface area (Å²) >= 11 is 0. The first-order valence-electron chi connectivity index (χ1n) is 11.6. The van der Waals surface area contributed by atoms with Crippen LogP contribution in [0.2, 0.25) is 0 Å². The van der Waals surface area contributed by atoms with Crippen LogP contribution in [0.4, 0.5) is 0 Å². The average Bonchev–Trinajstić information content (AvgIpc) is 2.83. The van der Waals surface area contributed by atoms with E-state index in [0.29, 0.717) is 18.2 Å². The second-order valence-corrected chi connectivity index (χ2v) is 8.37. The van der Waals surface area contributed by atoms with Crippen LogP contribution in [0.15, 0.2) is 47.6 Å². The Hall–Kier alpha value is -2.07. The fraction of sp³-hybridized carbons (Fsp3) is 0.520. The molecule has 182 valence electrons. The highest BCUT2D eigenvalue weighted by Gasteiger charge is 2.31. The van der Waals surface area contributed by atoms with Crippen LogP contribution in [0.5, 0.6) is 17.4 Å². The zero-order valence-electron chi connectivity index (χ0n) is 19.7. The summed E-state index contributed by atoms with van der Waals surface area (Å²) in [6, 6.07) is 11.2. The van der Waals surface area contributed by atoms with Gasteiger partial charge in [0.15, 0.2) is 5.96 Å². The number of ether oxygens (including phenoxy) is 2. The molecule has 0 amide bonds. The van der Waals surface area contributed by atoms with Crippen molar-refractivity contribution >= 4 is 29.9 Å². The number of hydrogen-bond donors (Lipinski definition) is 3. The predicted molar refractivity (Wildman–Crippen MR) is 143 cm³/mol. The van der Waals surface area contributed by atoms with E-state index in [0.717, 1.165) is 36.8 Å². The van der Waals surface area contributed by atoms with Crippen molar-refractivity contribution in [3.8, 4) is 17.4 Å². The zero-order valence-corrected chi connectivity index (χ0v) is 22.0. The molecule has 1 saturated carbocycles. The highest BCUT2D eigenvalue weighted by molar-refractivity contribution is 14.0. The normalized spacial score (nSPS) is 15.3. The van der Waals surface area contributed by atoms with Crippen LogP contribution in [0.25, 0.3) is 0 Å². The van der Waals surface area contributed by atoms with Crippen LogP contribution < -0.4 is 20.1 Å². The molecule has 0 radical (unpaired) electrons. The van der Waals surface area contributed by atoms with Crippen LogP contribution in [-0.4, -0.2) is 42.9 Å². The van der Waals surface area contributed by atoms with Crippen LogP contribution in [0.1, 0.15) is 51.0 Å². The number of halogens is 1. The number of aromatic nitrogens is 1. The maximum Gasteiger partial charge on any atom is 0.219 e. The van der Waals surface area contributed by atoms with E-state index in [4.69, 9.17) is 14.5 Å². The van der Waals surface area contributed by atoms with Gasteiger partial charge in [0.25, 0.3) is 0 Å². The standard InChI is InChI=1S/C25H36N4O3.HI/c1-3-26-24(29-19-25(15-16-30)13-5-4-6-14-25)28-18-20-7-12-23(27-17-20)32-22-10-8-21(31-2)9-11-22;/h7-12,17,30H,3-6,13-16,18-19H2,1-2H3,(H2,26,28,29);1H. The van der Waals surface area contributed by atoms with E-state index in [1.54, 1.807) is 13.3 Å². The van der Waals surface area contributed by atoms with Crippen molar-refractivity contribution in [1.29, 1.82) is 0 Å². The topological polar surface area (TPSA) is 88.0 Å². The van der Waals surface area contributed by atoms with Gasteiger partial charge in [-0.2, -0.15) is 0 Å². The van der Waals surface area contributed by atoms with Crippen LogP contribution >= 0.6 is 24.0 Å². The van der Waals surface area contributed by atoms with E-state index in [2.05, 4.69) is 22.5 Å². The number of methoxy groups -OCH3 is 1. The Balaban J connectivity index is 0.00000385. The van der Waals surface area contributed by atoms with E-state index in [1.165, 1.54) is 32.1 Å². The minimum absolute atomic E-state index is 0. The molecule has 0 saturated heterocycles. The van der Waals surface area contributed by atoms with Gasteiger partial charge >= 0.3 is 0 Å². The SMILES string of the molecule is CCNC(=NCc1ccc(Oc2ccc(OC)cc2)nc1)NCC1(CCO)CCCCC1.I. The lowest BCUT2D eigenvalue weighted by atomic mass is 9.72. The predicted octanol–water partition coefficient (Wildman–Crippen LogP) is 4.89. The van der Waals surface area contributed by atoms with Gasteiger partial charge in [-0.1, -0.05) is 25.3 Å². The largest absolute Gasteiger partial charge is 0.497 e. The van der Waals surface area contributed by atoms with Gasteiger partial charge in [-0.3, -0.25) is 0 Å². The number of aliphatic imine (C=N–C) groups is 1. The molecule has 0 atom stereocenters. The summed E-state index contributed by atoms with van der Waals surface area (Å²) < 4.78 is 11.0. The second kappa shape index (κ2) is 14.2. The third kappa shape index (κ3) is 8.66. The molecule has 33 heavy (non-hydrogen) atoms. The third-order valence-corrected chi connectivity index (χ3v) is 6.03. The molecule has 1 aromatic heterocycles. The molecule has 7 nitrogen and oxygen atoms in total. The van der Waals surface area contributed by atoms with Gasteiger partial charge in [0.1, 0.15) is 11.5 Å². The fourth-order valence-corrected chi connectivity index (χ4v) is 4.17. The molecule has 0 aliphatic heterocycles. The molecular formula is C25H37IN4O3. The molecule has 0 unspecified atom stereocenters. The summed E-state index contributed by atoms with van der Waals surface area (Å²) in [4.78, 5) is 9.13. The van der Waals surface area contributed by atoms with Crippen molar-refractivity contribution in [3.63, 3.8) is 0 Å². The van der Waals surface area contributed by atoms with Gasteiger partial charge in [0, 0.05) is 32.0 Å². The molecule has 3 rings (SSSR count). The van der Waals surface area contributed by atoms with Crippen molar-refractivity contribution in [2.75, 3.05) is 26.8 Å². The molecule has 1 aliphatic carbocycles. The summed E-state index contributed by atoms with van der Waals surface area (Å²) in [5.74, 6) is 2.83. The Bertz CT molecular complexity index is 832. The molecule has 0 bridgehead atoms. The minimum atomic E-state index is 0. The fourth-order valence-electron chi connectivity index (χ4n) is 4.17. The van der Waals surface area contributed by atoms with E-state index in [-0.39, 0.29) is 36.0 Å². The van der Waals surface area contributed by atoms with E-state index in [9.17, 15) is 5.11 Å². The number of pyridine rings is 1. The first-order valence-corrected chi connectivity index (χ1v) is 11.6. The van der Waals surface area contributed by atoms with E-state index < -0.39 is 0 Å². The highest BCUT2D eigenvalue weighted by Crippen LogP contribution is 2.38. The summed E-state index contributed by atoms with van der Waals surface area (Å²) in [6.45, 7) is 4.47. The first-order chi connectivity index (χ1) is 15.7. The molecule has 1 aliphatic rings. The van der Waals surface area contributed by atoms with Crippen molar-refractivity contribution in [2.45, 2.75) is 52.0 Å². The minimum Gasteiger partial charge on any atom is -0.497 e. The molecule has 1 aromatic carbocycles. The Morgan fingerprint density at radius 2 is 1.79 bits per heavy atom. The summed E-state index contributed by atoms with van der Waals surface area (Å²) in [7, 11) is 1.64. The molecule has 1 fully saturated rings. The second-order valence-electron chi connectivity index (χ2n) is 8.37. The van der Waals surface area contributed by atoms with Gasteiger partial charge in [0.2, 0.25) is 5.88 Å². The lowest BCUT2D eigenvalue weighted by molar-refractivity contribution is 0.131. The van der Waals surface area contributed by atoms with Crippen LogP contribution in [0.3, 0.4) is 0 Å². The molecule has 1 heterocycles. The average molecular weight is 569 g/mol. The van der Waals surface area contributed by atoms with E-state index in [1.807, 2.05) is 36.4 Å². The van der Waals surface area contributed by atoms with Crippen molar-refractivity contribution in [1.82, 2.24) is 15.6 Å². The van der Waals surface area contributed by atoms with Crippen molar-refractivity contribution < 1.29 is 14.6 Å². The van der Waals surface area contributed by atoms with E-state index >= 15 is 0 Å². The van der Waals surface area contributed by atoms with Gasteiger partial charge in [0.05, 0.1) is 13.7 Å². The lowest BCUT2D eigenvalue weighted by Gasteiger charge is -2.37. The Morgan fingerprint density at radius 1 is 1.06 bits per heavy atom. The van der Waals surface area contributed by atoms with Gasteiger partial charge < -0.3 is 25.2 Å². The number of guanidine groups is 1. The summed E-state index contributed by atoms with van der Waals surface area (Å²) in [5, 5.41) is 16.4. The number of aliphatic hydroxyl groups excluding tert-OH is 1. The Kier molecular flexibility index (Phi) is 11.7. The Labute approximate surface area is 214 Å². The van der Waals surface area contributed by atoms with Gasteiger partial charge in [-0.05, 0) is 61.4 Å². The third-order valence-electron chi connectivity index (χ3n) is 6.03. The highest BCUT2D eigenvalue weighted by atomic mass is 127. The first kappa shape index (κ1) is 27.2. The van der Waals surface area contributed by atoms with Crippen LogP contribution in [-0.2, 0) is 6.54 Å².